The van der Waals surface area contributed by atoms with Gasteiger partial charge in [-0.3, -0.25) is 0 Å². The maximum absolute atomic E-state index is 11.5. The summed E-state index contributed by atoms with van der Waals surface area (Å²) in [5.41, 5.74) is 0.618. The van der Waals surface area contributed by atoms with Crippen LogP contribution in [0.4, 0.5) is 4.79 Å². The number of carbonyl (C=O) groups is 1. The predicted octanol–water partition coefficient (Wildman–Crippen LogP) is 3.02. The molecule has 1 rings (SSSR count). The van der Waals surface area contributed by atoms with Crippen molar-refractivity contribution < 1.29 is 9.53 Å². The van der Waals surface area contributed by atoms with Crippen molar-refractivity contribution in [2.75, 3.05) is 0 Å². The van der Waals surface area contributed by atoms with Crippen LogP contribution in [0.1, 0.15) is 31.2 Å². The monoisotopic (exact) mass is 266 g/mol. The smallest absolute Gasteiger partial charge is 0.408 e. The molecule has 1 heterocycles. The maximum atomic E-state index is 11.5. The number of nitriles is 1. The Labute approximate surface area is 112 Å². The minimum absolute atomic E-state index is 0.508. The molecule has 0 saturated carbocycles. The molecule has 0 aliphatic rings. The average Bonchev–Trinajstić information content (AvgIpc) is 2.60. The van der Waals surface area contributed by atoms with Crippen molar-refractivity contribution in [3.05, 3.63) is 21.9 Å². The largest absolute Gasteiger partial charge is 0.444 e. The predicted molar refractivity (Wildman–Crippen MR) is 71.5 cm³/mol. The van der Waals surface area contributed by atoms with Crippen LogP contribution in [-0.4, -0.2) is 17.7 Å². The van der Waals surface area contributed by atoms with Crippen molar-refractivity contribution in [1.82, 2.24) is 5.32 Å². The first kappa shape index (κ1) is 14.5. The summed E-state index contributed by atoms with van der Waals surface area (Å²) in [4.78, 5) is 12.6. The number of ether oxygens (including phenoxy) is 1. The van der Waals surface area contributed by atoms with Gasteiger partial charge in [-0.1, -0.05) is 0 Å². The van der Waals surface area contributed by atoms with Crippen LogP contribution < -0.4 is 5.32 Å². The normalized spacial score (nSPS) is 12.6. The highest BCUT2D eigenvalue weighted by Gasteiger charge is 2.19. The highest BCUT2D eigenvalue weighted by molar-refractivity contribution is 7.10. The molecule has 5 heteroatoms. The van der Waals surface area contributed by atoms with Crippen LogP contribution in [0.15, 0.2) is 11.4 Å². The zero-order valence-corrected chi connectivity index (χ0v) is 11.9. The number of hydrogen-bond acceptors (Lipinski definition) is 4. The number of thiophene rings is 1. The number of aryl methyl sites for hydroxylation is 1. The molecule has 1 aromatic heterocycles. The Morgan fingerprint density at radius 3 is 2.72 bits per heavy atom. The lowest BCUT2D eigenvalue weighted by Crippen LogP contribution is -2.39. The Morgan fingerprint density at radius 1 is 1.61 bits per heavy atom. The molecule has 1 aromatic rings. The van der Waals surface area contributed by atoms with Crippen LogP contribution >= 0.6 is 11.3 Å². The van der Waals surface area contributed by atoms with Gasteiger partial charge in [-0.2, -0.15) is 5.26 Å². The van der Waals surface area contributed by atoms with Gasteiger partial charge >= 0.3 is 6.09 Å². The fourth-order valence-corrected chi connectivity index (χ4v) is 2.30. The van der Waals surface area contributed by atoms with Gasteiger partial charge in [0.2, 0.25) is 0 Å². The fraction of sp³-hybridized carbons (Fsp3) is 0.538. The summed E-state index contributed by atoms with van der Waals surface area (Å²) in [5, 5.41) is 13.6. The lowest BCUT2D eigenvalue weighted by atomic mass is 10.2. The first-order chi connectivity index (χ1) is 8.30. The molecule has 0 fully saturated rings. The van der Waals surface area contributed by atoms with E-state index in [2.05, 4.69) is 11.4 Å². The number of carbonyl (C=O) groups excluding carboxylic acids is 1. The highest BCUT2D eigenvalue weighted by atomic mass is 32.1. The van der Waals surface area contributed by atoms with Gasteiger partial charge in [0.25, 0.3) is 0 Å². The maximum Gasteiger partial charge on any atom is 0.408 e. The van der Waals surface area contributed by atoms with E-state index in [4.69, 9.17) is 10.00 Å². The minimum atomic E-state index is -0.558. The van der Waals surface area contributed by atoms with Crippen molar-refractivity contribution in [3.8, 4) is 6.07 Å². The second kappa shape index (κ2) is 5.87. The standard InChI is InChI=1S/C13H18N2O2S/c1-9-5-11(18-8-9)6-10(7-14)15-12(16)17-13(2,3)4/h5,8,10H,6H2,1-4H3,(H,15,16). The lowest BCUT2D eigenvalue weighted by molar-refractivity contribution is 0.0516. The van der Waals surface area contributed by atoms with E-state index < -0.39 is 17.7 Å². The van der Waals surface area contributed by atoms with Gasteiger partial charge in [0, 0.05) is 11.3 Å². The number of hydrogen-bond donors (Lipinski definition) is 1. The van der Waals surface area contributed by atoms with E-state index in [1.165, 1.54) is 5.56 Å². The zero-order chi connectivity index (χ0) is 13.8. The van der Waals surface area contributed by atoms with Crippen LogP contribution in [0.2, 0.25) is 0 Å². The Morgan fingerprint density at radius 2 is 2.28 bits per heavy atom. The number of rotatable bonds is 3. The SMILES string of the molecule is Cc1csc(CC(C#N)NC(=O)OC(C)(C)C)c1. The van der Waals surface area contributed by atoms with Gasteiger partial charge in [-0.25, -0.2) is 4.79 Å². The van der Waals surface area contributed by atoms with Crippen LogP contribution in [0.5, 0.6) is 0 Å². The number of nitrogens with zero attached hydrogens (tertiary/aromatic N) is 1. The molecular formula is C13H18N2O2S. The summed E-state index contributed by atoms with van der Waals surface area (Å²) in [7, 11) is 0. The van der Waals surface area contributed by atoms with Crippen molar-refractivity contribution >= 4 is 17.4 Å². The summed E-state index contributed by atoms with van der Waals surface area (Å²) in [5.74, 6) is 0. The molecule has 0 spiro atoms. The molecule has 0 aliphatic heterocycles. The average molecular weight is 266 g/mol. The van der Waals surface area contributed by atoms with Crippen LogP contribution in [0.25, 0.3) is 0 Å². The number of alkyl carbamates (subject to hydrolysis) is 1. The Hall–Kier alpha value is -1.54. The minimum Gasteiger partial charge on any atom is -0.444 e. The second-order valence-electron chi connectivity index (χ2n) is 5.12. The van der Waals surface area contributed by atoms with Crippen molar-refractivity contribution in [2.24, 2.45) is 0 Å². The van der Waals surface area contributed by atoms with Gasteiger partial charge in [0.1, 0.15) is 11.6 Å². The van der Waals surface area contributed by atoms with Crippen LogP contribution in [0, 0.1) is 18.3 Å². The van der Waals surface area contributed by atoms with Gasteiger partial charge in [-0.15, -0.1) is 11.3 Å². The third-order valence-electron chi connectivity index (χ3n) is 2.04. The summed E-state index contributed by atoms with van der Waals surface area (Å²) >= 11 is 1.59. The molecule has 1 amide bonds. The molecule has 0 aromatic carbocycles. The van der Waals surface area contributed by atoms with Crippen LogP contribution in [0.3, 0.4) is 0 Å². The van der Waals surface area contributed by atoms with Gasteiger partial charge < -0.3 is 10.1 Å². The van der Waals surface area contributed by atoms with Crippen molar-refractivity contribution in [1.29, 1.82) is 5.26 Å². The van der Waals surface area contributed by atoms with Gasteiger partial charge in [0.15, 0.2) is 0 Å². The molecule has 0 radical (unpaired) electrons. The first-order valence-electron chi connectivity index (χ1n) is 5.73. The summed E-state index contributed by atoms with van der Waals surface area (Å²) in [6.45, 7) is 7.37. The first-order valence-corrected chi connectivity index (χ1v) is 6.61. The van der Waals surface area contributed by atoms with Gasteiger partial charge in [-0.05, 0) is 44.7 Å². The Balaban J connectivity index is 2.53. The summed E-state index contributed by atoms with van der Waals surface area (Å²) < 4.78 is 5.12. The number of amides is 1. The van der Waals surface area contributed by atoms with Gasteiger partial charge in [0.05, 0.1) is 6.07 Å². The van der Waals surface area contributed by atoms with E-state index in [-0.39, 0.29) is 0 Å². The van der Waals surface area contributed by atoms with Crippen molar-refractivity contribution in [3.63, 3.8) is 0 Å². The van der Waals surface area contributed by atoms with Crippen LogP contribution in [-0.2, 0) is 11.2 Å². The van der Waals surface area contributed by atoms with E-state index in [9.17, 15) is 4.79 Å². The second-order valence-corrected chi connectivity index (χ2v) is 6.12. The lowest BCUT2D eigenvalue weighted by Gasteiger charge is -2.20. The Kier molecular flexibility index (Phi) is 4.74. The molecule has 1 atom stereocenters. The van der Waals surface area contributed by atoms with Crippen molar-refractivity contribution in [2.45, 2.75) is 45.8 Å². The molecule has 1 unspecified atom stereocenters. The van der Waals surface area contributed by atoms with E-state index in [0.717, 1.165) is 4.88 Å². The van der Waals surface area contributed by atoms with E-state index in [1.807, 2.05) is 18.4 Å². The third-order valence-corrected chi connectivity index (χ3v) is 3.11. The highest BCUT2D eigenvalue weighted by Crippen LogP contribution is 2.15. The van der Waals surface area contributed by atoms with E-state index in [1.54, 1.807) is 32.1 Å². The van der Waals surface area contributed by atoms with E-state index >= 15 is 0 Å². The molecule has 4 nitrogen and oxygen atoms in total. The summed E-state index contributed by atoms with van der Waals surface area (Å²) in [6, 6.07) is 3.53. The molecule has 98 valence electrons. The molecule has 18 heavy (non-hydrogen) atoms. The quantitative estimate of drug-likeness (QED) is 0.914. The topological polar surface area (TPSA) is 62.1 Å². The fourth-order valence-electron chi connectivity index (χ4n) is 1.38. The molecule has 0 saturated heterocycles. The molecule has 1 N–H and O–H groups in total. The third kappa shape index (κ3) is 5.19. The molecular weight excluding hydrogens is 248 g/mol. The Bertz CT molecular complexity index is 454. The number of nitrogens with one attached hydrogen (secondary N) is 1. The molecule has 0 bridgehead atoms. The summed E-state index contributed by atoms with van der Waals surface area (Å²) in [6.07, 6.45) is -0.0452. The zero-order valence-electron chi connectivity index (χ0n) is 11.1. The molecule has 0 aliphatic carbocycles. The van der Waals surface area contributed by atoms with E-state index in [0.29, 0.717) is 6.42 Å².